The first-order valence-corrected chi connectivity index (χ1v) is 6.60. The van der Waals surface area contributed by atoms with Gasteiger partial charge in [0.2, 0.25) is 5.91 Å². The molecule has 1 amide bonds. The summed E-state index contributed by atoms with van der Waals surface area (Å²) in [5.41, 5.74) is -0.557. The molecule has 1 atom stereocenters. The average Bonchev–Trinajstić information content (AvgIpc) is 2.08. The first-order chi connectivity index (χ1) is 7.15. The quantitative estimate of drug-likeness (QED) is 0.704. The van der Waals surface area contributed by atoms with Crippen molar-refractivity contribution < 1.29 is 13.2 Å². The average molecular weight is 249 g/mol. The third-order valence-electron chi connectivity index (χ3n) is 2.76. The van der Waals surface area contributed by atoms with E-state index in [1.807, 2.05) is 13.8 Å². The molecule has 1 saturated heterocycles. The Labute approximate surface area is 96.6 Å². The predicted molar refractivity (Wildman–Crippen MR) is 61.0 cm³/mol. The van der Waals surface area contributed by atoms with E-state index < -0.39 is 15.7 Å². The number of hydrogen-bond donors (Lipinski definition) is 2. The number of piperidine rings is 1. The van der Waals surface area contributed by atoms with Gasteiger partial charge in [0.05, 0.1) is 5.54 Å². The number of rotatable bonds is 3. The monoisotopic (exact) mass is 249 g/mol. The van der Waals surface area contributed by atoms with Crippen LogP contribution in [0.3, 0.4) is 0 Å². The Morgan fingerprint density at radius 2 is 2.00 bits per heavy atom. The zero-order valence-corrected chi connectivity index (χ0v) is 10.9. The van der Waals surface area contributed by atoms with Crippen molar-refractivity contribution >= 4 is 16.1 Å². The lowest BCUT2D eigenvalue weighted by Crippen LogP contribution is -2.62. The maximum Gasteiger partial charge on any atom is 0.279 e. The molecule has 94 valence electrons. The van der Waals surface area contributed by atoms with Crippen molar-refractivity contribution in [3.63, 3.8) is 0 Å². The molecule has 1 fully saturated rings. The summed E-state index contributed by atoms with van der Waals surface area (Å²) in [5, 5.41) is 2.78. The number of carbonyl (C=O) groups is 1. The second-order valence-electron chi connectivity index (χ2n) is 4.77. The molecule has 0 unspecified atom stereocenters. The number of carbonyl (C=O) groups excluding carboxylic acids is 1. The van der Waals surface area contributed by atoms with Gasteiger partial charge in [0, 0.05) is 26.6 Å². The zero-order valence-electron chi connectivity index (χ0n) is 10.1. The van der Waals surface area contributed by atoms with Crippen LogP contribution >= 0.6 is 0 Å². The topological polar surface area (TPSA) is 78.5 Å². The van der Waals surface area contributed by atoms with Gasteiger partial charge in [0.25, 0.3) is 10.2 Å². The van der Waals surface area contributed by atoms with Gasteiger partial charge in [-0.05, 0) is 20.3 Å². The summed E-state index contributed by atoms with van der Waals surface area (Å²) in [4.78, 5) is 11.2. The first kappa shape index (κ1) is 13.4. The normalized spacial score (nSPS) is 25.6. The van der Waals surface area contributed by atoms with Crippen LogP contribution in [0.15, 0.2) is 0 Å². The molecule has 1 aliphatic heterocycles. The molecule has 0 aromatic rings. The van der Waals surface area contributed by atoms with Gasteiger partial charge in [-0.2, -0.15) is 17.4 Å². The van der Waals surface area contributed by atoms with E-state index >= 15 is 0 Å². The van der Waals surface area contributed by atoms with Crippen LogP contribution in [0.4, 0.5) is 0 Å². The highest BCUT2D eigenvalue weighted by Crippen LogP contribution is 2.20. The van der Waals surface area contributed by atoms with Gasteiger partial charge < -0.3 is 5.32 Å². The molecular weight excluding hydrogens is 230 g/mol. The summed E-state index contributed by atoms with van der Waals surface area (Å²) in [6.45, 7) is 3.62. The second kappa shape index (κ2) is 4.31. The van der Waals surface area contributed by atoms with Crippen LogP contribution in [-0.4, -0.2) is 44.3 Å². The van der Waals surface area contributed by atoms with Gasteiger partial charge in [0.15, 0.2) is 0 Å². The van der Waals surface area contributed by atoms with E-state index in [1.54, 1.807) is 0 Å². The highest BCUT2D eigenvalue weighted by atomic mass is 32.2. The van der Waals surface area contributed by atoms with Crippen molar-refractivity contribution in [2.45, 2.75) is 38.3 Å². The smallest absolute Gasteiger partial charge is 0.279 e. The first-order valence-electron chi connectivity index (χ1n) is 5.16. The molecule has 0 spiro atoms. The molecule has 1 heterocycles. The van der Waals surface area contributed by atoms with Crippen LogP contribution in [0, 0.1) is 0 Å². The lowest BCUT2D eigenvalue weighted by molar-refractivity contribution is -0.125. The van der Waals surface area contributed by atoms with Crippen molar-refractivity contribution in [1.29, 1.82) is 0 Å². The fourth-order valence-corrected chi connectivity index (χ4v) is 2.62. The van der Waals surface area contributed by atoms with Crippen molar-refractivity contribution in [2.24, 2.45) is 0 Å². The molecule has 1 rings (SSSR count). The maximum atomic E-state index is 11.7. The molecule has 6 nitrogen and oxygen atoms in total. The summed E-state index contributed by atoms with van der Waals surface area (Å²) in [7, 11) is -0.516. The number of nitrogens with zero attached hydrogens (tertiary/aromatic N) is 1. The van der Waals surface area contributed by atoms with Crippen molar-refractivity contribution in [1.82, 2.24) is 14.3 Å². The van der Waals surface area contributed by atoms with Crippen molar-refractivity contribution in [3.8, 4) is 0 Å². The van der Waals surface area contributed by atoms with E-state index in [0.29, 0.717) is 12.8 Å². The summed E-state index contributed by atoms with van der Waals surface area (Å²) in [5.74, 6) is -0.0368. The molecule has 7 heteroatoms. The summed E-state index contributed by atoms with van der Waals surface area (Å²) in [6, 6.07) is -0.280. The van der Waals surface area contributed by atoms with Gasteiger partial charge in [-0.1, -0.05) is 0 Å². The van der Waals surface area contributed by atoms with E-state index in [2.05, 4.69) is 10.0 Å². The van der Waals surface area contributed by atoms with Crippen molar-refractivity contribution in [2.75, 3.05) is 14.1 Å². The van der Waals surface area contributed by atoms with Gasteiger partial charge in [0.1, 0.15) is 0 Å². The van der Waals surface area contributed by atoms with Gasteiger partial charge in [-0.3, -0.25) is 4.79 Å². The van der Waals surface area contributed by atoms with Crippen LogP contribution in [0.5, 0.6) is 0 Å². The number of nitrogens with one attached hydrogen (secondary N) is 2. The lowest BCUT2D eigenvalue weighted by Gasteiger charge is -2.39. The SMILES string of the molecule is CN(C)S(=O)(=O)N[C@@H]1CCC(=O)NC1(C)C. The van der Waals surface area contributed by atoms with E-state index in [-0.39, 0.29) is 11.9 Å². The van der Waals surface area contributed by atoms with Gasteiger partial charge in [-0.25, -0.2) is 0 Å². The Hall–Kier alpha value is -0.660. The molecule has 0 saturated carbocycles. The molecule has 0 aromatic carbocycles. The number of amides is 1. The van der Waals surface area contributed by atoms with Crippen molar-refractivity contribution in [3.05, 3.63) is 0 Å². The highest BCUT2D eigenvalue weighted by molar-refractivity contribution is 7.87. The molecule has 2 N–H and O–H groups in total. The van der Waals surface area contributed by atoms with Gasteiger partial charge >= 0.3 is 0 Å². The Morgan fingerprint density at radius 3 is 2.44 bits per heavy atom. The largest absolute Gasteiger partial charge is 0.350 e. The molecule has 0 aliphatic carbocycles. The van der Waals surface area contributed by atoms with E-state index in [9.17, 15) is 13.2 Å². The van der Waals surface area contributed by atoms with Crippen LogP contribution in [-0.2, 0) is 15.0 Å². The Bertz CT molecular complexity index is 375. The van der Waals surface area contributed by atoms with E-state index in [0.717, 1.165) is 4.31 Å². The van der Waals surface area contributed by atoms with Gasteiger partial charge in [-0.15, -0.1) is 0 Å². The van der Waals surface area contributed by atoms with Crippen LogP contribution in [0.2, 0.25) is 0 Å². The number of hydrogen-bond acceptors (Lipinski definition) is 3. The minimum atomic E-state index is -3.45. The van der Waals surface area contributed by atoms with E-state index in [1.165, 1.54) is 14.1 Å². The zero-order chi connectivity index (χ0) is 12.6. The molecule has 0 aromatic heterocycles. The van der Waals surface area contributed by atoms with Crippen LogP contribution in [0.1, 0.15) is 26.7 Å². The Kier molecular flexibility index (Phi) is 3.61. The third kappa shape index (κ3) is 2.93. The fourth-order valence-electron chi connectivity index (χ4n) is 1.64. The molecule has 0 bridgehead atoms. The Balaban J connectivity index is 2.79. The predicted octanol–water partition coefficient (Wildman–Crippen LogP) is -0.560. The minimum absolute atomic E-state index is 0.0368. The standard InChI is InChI=1S/C9H19N3O3S/c1-9(2)7(5-6-8(13)10-9)11-16(14,15)12(3)4/h7,11H,5-6H2,1-4H3,(H,10,13)/t7-/m1/s1. The molecule has 1 aliphatic rings. The van der Waals surface area contributed by atoms with E-state index in [4.69, 9.17) is 0 Å². The highest BCUT2D eigenvalue weighted by Gasteiger charge is 2.38. The molecule has 0 radical (unpaired) electrons. The maximum absolute atomic E-state index is 11.7. The minimum Gasteiger partial charge on any atom is -0.350 e. The van der Waals surface area contributed by atoms with Crippen LogP contribution in [0.25, 0.3) is 0 Å². The summed E-state index contributed by atoms with van der Waals surface area (Å²) < 4.78 is 27.1. The third-order valence-corrected chi connectivity index (χ3v) is 4.31. The summed E-state index contributed by atoms with van der Waals surface area (Å²) >= 11 is 0. The fraction of sp³-hybridized carbons (Fsp3) is 0.889. The summed E-state index contributed by atoms with van der Waals surface area (Å²) in [6.07, 6.45) is 0.871. The Morgan fingerprint density at radius 1 is 1.44 bits per heavy atom. The second-order valence-corrected chi connectivity index (χ2v) is 6.68. The molecule has 16 heavy (non-hydrogen) atoms. The lowest BCUT2D eigenvalue weighted by atomic mass is 9.88. The van der Waals surface area contributed by atoms with Crippen LogP contribution < -0.4 is 10.0 Å². The molecular formula is C9H19N3O3S.